The van der Waals surface area contributed by atoms with Gasteiger partial charge in [-0.2, -0.15) is 0 Å². The first kappa shape index (κ1) is 15.4. The van der Waals surface area contributed by atoms with Gasteiger partial charge >= 0.3 is 0 Å². The van der Waals surface area contributed by atoms with Gasteiger partial charge in [-0.15, -0.1) is 13.2 Å². The molecule has 1 aromatic carbocycles. The van der Waals surface area contributed by atoms with Crippen LogP contribution < -0.4 is 0 Å². The van der Waals surface area contributed by atoms with Crippen LogP contribution in [0.3, 0.4) is 0 Å². The summed E-state index contributed by atoms with van der Waals surface area (Å²) in [5.74, 6) is 0.266. The van der Waals surface area contributed by atoms with E-state index in [1.807, 2.05) is 19.9 Å². The molecule has 0 aliphatic heterocycles. The molecule has 0 saturated heterocycles. The Hall–Kier alpha value is -1.11. The summed E-state index contributed by atoms with van der Waals surface area (Å²) in [5.41, 5.74) is 1.06. The highest BCUT2D eigenvalue weighted by Crippen LogP contribution is 2.14. The van der Waals surface area contributed by atoms with Crippen LogP contribution in [-0.4, -0.2) is 0 Å². The Morgan fingerprint density at radius 2 is 1.64 bits per heavy atom. The molecule has 0 fully saturated rings. The summed E-state index contributed by atoms with van der Waals surface area (Å²) in [6.07, 6.45) is 0. The van der Waals surface area contributed by atoms with E-state index in [0.717, 1.165) is 5.56 Å². The average molecular weight is 196 g/mol. The lowest BCUT2D eigenvalue weighted by Gasteiger charge is -2.02. The number of hydrogen-bond acceptors (Lipinski definition) is 0. The second-order valence-corrected chi connectivity index (χ2v) is 2.71. The van der Waals surface area contributed by atoms with E-state index in [4.69, 9.17) is 0 Å². The summed E-state index contributed by atoms with van der Waals surface area (Å²) < 4.78 is 12.5. The number of halogens is 1. The molecule has 0 aliphatic rings. The van der Waals surface area contributed by atoms with Gasteiger partial charge in [-0.3, -0.25) is 0 Å². The van der Waals surface area contributed by atoms with E-state index in [1.165, 1.54) is 6.07 Å². The van der Waals surface area contributed by atoms with Crippen molar-refractivity contribution in [3.63, 3.8) is 0 Å². The molecule has 0 unspecified atom stereocenters. The summed E-state index contributed by atoms with van der Waals surface area (Å²) in [6.45, 7) is 14.1. The van der Waals surface area contributed by atoms with E-state index in [1.54, 1.807) is 12.1 Å². The highest BCUT2D eigenvalue weighted by Gasteiger charge is 1.97. The third kappa shape index (κ3) is 6.41. The van der Waals surface area contributed by atoms with Crippen LogP contribution in [0, 0.1) is 5.82 Å². The van der Waals surface area contributed by atoms with Crippen molar-refractivity contribution >= 4 is 0 Å². The first-order valence-corrected chi connectivity index (χ1v) is 4.95. The van der Waals surface area contributed by atoms with Gasteiger partial charge in [0.2, 0.25) is 0 Å². The van der Waals surface area contributed by atoms with Gasteiger partial charge in [0.15, 0.2) is 0 Å². The van der Waals surface area contributed by atoms with Gasteiger partial charge in [-0.25, -0.2) is 4.39 Å². The first-order valence-electron chi connectivity index (χ1n) is 4.95. The van der Waals surface area contributed by atoms with Gasteiger partial charge in [-0.05, 0) is 23.6 Å². The van der Waals surface area contributed by atoms with E-state index in [0.29, 0.717) is 5.92 Å². The van der Waals surface area contributed by atoms with E-state index in [-0.39, 0.29) is 5.82 Å². The van der Waals surface area contributed by atoms with Gasteiger partial charge in [-0.1, -0.05) is 39.8 Å². The minimum absolute atomic E-state index is 0.147. The fourth-order valence-corrected chi connectivity index (χ4v) is 0.866. The monoisotopic (exact) mass is 196 g/mol. The molecule has 0 atom stereocenters. The topological polar surface area (TPSA) is 0 Å². The zero-order chi connectivity index (χ0) is 11.6. The largest absolute Gasteiger partial charge is 0.207 e. The minimum Gasteiger partial charge on any atom is -0.207 e. The Morgan fingerprint density at radius 1 is 1.14 bits per heavy atom. The van der Waals surface area contributed by atoms with Gasteiger partial charge in [0.25, 0.3) is 0 Å². The molecule has 1 aromatic rings. The summed E-state index contributed by atoms with van der Waals surface area (Å²) in [5, 5.41) is 0. The fourth-order valence-electron chi connectivity index (χ4n) is 0.866. The molecular weight excluding hydrogens is 175 g/mol. The molecule has 0 heterocycles. The lowest BCUT2D eigenvalue weighted by Crippen LogP contribution is -1.86. The fraction of sp³-hybridized carbons (Fsp3) is 0.385. The predicted molar refractivity (Wildman–Crippen MR) is 63.1 cm³/mol. The molecule has 1 rings (SSSR count). The third-order valence-corrected chi connectivity index (χ3v) is 1.52. The first-order chi connectivity index (χ1) is 6.70. The normalized spacial score (nSPS) is 8.14. The molecule has 0 aliphatic carbocycles. The molecule has 0 saturated carbocycles. The van der Waals surface area contributed by atoms with Crippen molar-refractivity contribution in [2.24, 2.45) is 0 Å². The van der Waals surface area contributed by atoms with Crippen LogP contribution in [0.25, 0.3) is 0 Å². The van der Waals surface area contributed by atoms with Crippen LogP contribution in [0.2, 0.25) is 0 Å². The maximum absolute atomic E-state index is 12.5. The Kier molecular flexibility index (Phi) is 10.9. The Labute approximate surface area is 87.5 Å². The van der Waals surface area contributed by atoms with Crippen LogP contribution in [0.15, 0.2) is 37.4 Å². The second kappa shape index (κ2) is 9.97. The SMILES string of the molecule is C=C.CC.CC(C)c1cccc(F)c1. The third-order valence-electron chi connectivity index (χ3n) is 1.52. The van der Waals surface area contributed by atoms with Crippen LogP contribution in [0.5, 0.6) is 0 Å². The highest BCUT2D eigenvalue weighted by molar-refractivity contribution is 5.19. The van der Waals surface area contributed by atoms with Crippen molar-refractivity contribution in [1.82, 2.24) is 0 Å². The standard InChI is InChI=1S/C9H11F.C2H6.C2H4/c1-7(2)8-4-3-5-9(10)6-8;2*1-2/h3-7H,1-2H3;1-2H3;1-2H2. The zero-order valence-electron chi connectivity index (χ0n) is 9.68. The summed E-state index contributed by atoms with van der Waals surface area (Å²) >= 11 is 0. The highest BCUT2D eigenvalue weighted by atomic mass is 19.1. The van der Waals surface area contributed by atoms with Crippen molar-refractivity contribution in [3.8, 4) is 0 Å². The molecule has 0 nitrogen and oxygen atoms in total. The number of hydrogen-bond donors (Lipinski definition) is 0. The van der Waals surface area contributed by atoms with Crippen LogP contribution in [-0.2, 0) is 0 Å². The van der Waals surface area contributed by atoms with Crippen LogP contribution in [0.1, 0.15) is 39.2 Å². The van der Waals surface area contributed by atoms with E-state index < -0.39 is 0 Å². The second-order valence-electron chi connectivity index (χ2n) is 2.71. The Bertz CT molecular complexity index is 228. The molecule has 80 valence electrons. The van der Waals surface area contributed by atoms with Gasteiger partial charge in [0.05, 0.1) is 0 Å². The molecule has 0 bridgehead atoms. The maximum Gasteiger partial charge on any atom is 0.123 e. The number of benzene rings is 1. The lowest BCUT2D eigenvalue weighted by molar-refractivity contribution is 0.623. The Morgan fingerprint density at radius 3 is 1.93 bits per heavy atom. The average Bonchev–Trinajstić information content (AvgIpc) is 2.24. The van der Waals surface area contributed by atoms with Gasteiger partial charge in [0, 0.05) is 0 Å². The van der Waals surface area contributed by atoms with Crippen molar-refractivity contribution in [2.45, 2.75) is 33.6 Å². The van der Waals surface area contributed by atoms with E-state index in [2.05, 4.69) is 27.0 Å². The molecule has 14 heavy (non-hydrogen) atoms. The molecule has 0 N–H and O–H groups in total. The van der Waals surface area contributed by atoms with Gasteiger partial charge < -0.3 is 0 Å². The van der Waals surface area contributed by atoms with E-state index in [9.17, 15) is 4.39 Å². The van der Waals surface area contributed by atoms with Gasteiger partial charge in [0.1, 0.15) is 5.82 Å². The summed E-state index contributed by atoms with van der Waals surface area (Å²) in [6, 6.07) is 6.72. The summed E-state index contributed by atoms with van der Waals surface area (Å²) in [4.78, 5) is 0. The number of rotatable bonds is 1. The smallest absolute Gasteiger partial charge is 0.123 e. The minimum atomic E-state index is -0.147. The van der Waals surface area contributed by atoms with Crippen molar-refractivity contribution in [2.75, 3.05) is 0 Å². The van der Waals surface area contributed by atoms with Crippen molar-refractivity contribution in [3.05, 3.63) is 48.8 Å². The lowest BCUT2D eigenvalue weighted by atomic mass is 10.0. The molecule has 0 amide bonds. The van der Waals surface area contributed by atoms with Crippen LogP contribution in [0.4, 0.5) is 4.39 Å². The quantitative estimate of drug-likeness (QED) is 0.567. The summed E-state index contributed by atoms with van der Waals surface area (Å²) in [7, 11) is 0. The van der Waals surface area contributed by atoms with E-state index >= 15 is 0 Å². The molecule has 0 radical (unpaired) electrons. The van der Waals surface area contributed by atoms with Crippen molar-refractivity contribution < 1.29 is 4.39 Å². The maximum atomic E-state index is 12.5. The predicted octanol–water partition coefficient (Wildman–Crippen LogP) is 4.78. The Balaban J connectivity index is 0. The molecule has 0 aromatic heterocycles. The molecule has 0 spiro atoms. The zero-order valence-corrected chi connectivity index (χ0v) is 9.68. The molecule has 1 heteroatoms. The van der Waals surface area contributed by atoms with Crippen LogP contribution >= 0.6 is 0 Å². The van der Waals surface area contributed by atoms with Crippen molar-refractivity contribution in [1.29, 1.82) is 0 Å². The molecular formula is C13H21F.